The lowest BCUT2D eigenvalue weighted by Gasteiger charge is -2.10. The summed E-state index contributed by atoms with van der Waals surface area (Å²) in [5.41, 5.74) is 6.28. The summed E-state index contributed by atoms with van der Waals surface area (Å²) in [6.07, 6.45) is 1.13. The van der Waals surface area contributed by atoms with Gasteiger partial charge in [0.1, 0.15) is 0 Å². The molecular formula is C15H23Cl2N3O2. The Labute approximate surface area is 142 Å². The maximum Gasteiger partial charge on any atom is 0.252 e. The smallest absolute Gasteiger partial charge is 0.252 e. The van der Waals surface area contributed by atoms with Gasteiger partial charge in [-0.3, -0.25) is 9.59 Å². The molecule has 0 radical (unpaired) electrons. The second kappa shape index (κ2) is 10.4. The number of carbonyl (C=O) groups is 2. The fourth-order valence-electron chi connectivity index (χ4n) is 1.76. The highest BCUT2D eigenvalue weighted by molar-refractivity contribution is 6.34. The van der Waals surface area contributed by atoms with Crippen molar-refractivity contribution in [3.63, 3.8) is 0 Å². The predicted octanol–water partition coefficient (Wildman–Crippen LogP) is 2.83. The first-order valence-corrected chi connectivity index (χ1v) is 7.39. The number of hydrogen-bond acceptors (Lipinski definition) is 3. The van der Waals surface area contributed by atoms with Gasteiger partial charge < -0.3 is 16.4 Å². The number of hydrogen-bond donors (Lipinski definition) is 3. The van der Waals surface area contributed by atoms with E-state index in [9.17, 15) is 9.59 Å². The Kier molecular flexibility index (Phi) is 9.81. The zero-order chi connectivity index (χ0) is 15.8. The Morgan fingerprint density at radius 2 is 2.00 bits per heavy atom. The maximum absolute atomic E-state index is 12.0. The molecule has 1 aromatic rings. The summed E-state index contributed by atoms with van der Waals surface area (Å²) < 4.78 is 0. The highest BCUT2D eigenvalue weighted by atomic mass is 35.5. The first-order valence-electron chi connectivity index (χ1n) is 7.01. The molecule has 1 rings (SSSR count). The Bertz CT molecular complexity index is 508. The molecule has 1 aromatic carbocycles. The number of benzene rings is 1. The summed E-state index contributed by atoms with van der Waals surface area (Å²) in [7, 11) is 0. The molecule has 0 unspecified atom stereocenters. The average molecular weight is 348 g/mol. The number of anilines is 1. The molecule has 0 aliphatic heterocycles. The third kappa shape index (κ3) is 7.11. The third-order valence-corrected chi connectivity index (χ3v) is 3.08. The van der Waals surface area contributed by atoms with E-state index in [1.165, 1.54) is 0 Å². The van der Waals surface area contributed by atoms with E-state index >= 15 is 0 Å². The van der Waals surface area contributed by atoms with Crippen LogP contribution < -0.4 is 16.4 Å². The van der Waals surface area contributed by atoms with Gasteiger partial charge in [-0.05, 0) is 37.1 Å². The highest BCUT2D eigenvalue weighted by Gasteiger charge is 2.12. The molecule has 0 aromatic heterocycles. The Hall–Kier alpha value is -1.30. The Morgan fingerprint density at radius 3 is 2.59 bits per heavy atom. The molecule has 0 saturated carbocycles. The molecule has 4 N–H and O–H groups in total. The van der Waals surface area contributed by atoms with Crippen LogP contribution in [-0.4, -0.2) is 24.9 Å². The van der Waals surface area contributed by atoms with Crippen LogP contribution in [0, 0.1) is 5.92 Å². The van der Waals surface area contributed by atoms with Gasteiger partial charge in [-0.15, -0.1) is 12.4 Å². The van der Waals surface area contributed by atoms with Crippen molar-refractivity contribution >= 4 is 41.5 Å². The molecule has 0 atom stereocenters. The lowest BCUT2D eigenvalue weighted by molar-refractivity contribution is -0.116. The zero-order valence-corrected chi connectivity index (χ0v) is 14.4. The highest BCUT2D eigenvalue weighted by Crippen LogP contribution is 2.21. The number of halogens is 2. The molecular weight excluding hydrogens is 325 g/mol. The minimum atomic E-state index is -0.270. The number of carbonyl (C=O) groups excluding carboxylic acids is 2. The second-order valence-corrected chi connectivity index (χ2v) is 5.65. The minimum Gasteiger partial charge on any atom is -0.352 e. The lowest BCUT2D eigenvalue weighted by Crippen LogP contribution is -2.26. The van der Waals surface area contributed by atoms with E-state index in [0.29, 0.717) is 42.2 Å². The molecule has 0 fully saturated rings. The van der Waals surface area contributed by atoms with Gasteiger partial charge in [-0.25, -0.2) is 0 Å². The van der Waals surface area contributed by atoms with Crippen molar-refractivity contribution < 1.29 is 9.59 Å². The molecule has 0 heterocycles. The van der Waals surface area contributed by atoms with Crippen LogP contribution in [0.3, 0.4) is 0 Å². The van der Waals surface area contributed by atoms with Gasteiger partial charge in [0, 0.05) is 18.7 Å². The molecule has 0 spiro atoms. The maximum atomic E-state index is 12.0. The Morgan fingerprint density at radius 1 is 1.32 bits per heavy atom. The van der Waals surface area contributed by atoms with E-state index in [0.717, 1.165) is 0 Å². The number of nitrogens with two attached hydrogens (primary N) is 1. The van der Waals surface area contributed by atoms with Gasteiger partial charge in [-0.2, -0.15) is 0 Å². The minimum absolute atomic E-state index is 0. The lowest BCUT2D eigenvalue weighted by atomic mass is 10.1. The van der Waals surface area contributed by atoms with Gasteiger partial charge in [-0.1, -0.05) is 25.4 Å². The molecule has 0 aliphatic carbocycles. The van der Waals surface area contributed by atoms with Crippen LogP contribution in [0.1, 0.15) is 37.0 Å². The van der Waals surface area contributed by atoms with Gasteiger partial charge in [0.05, 0.1) is 10.6 Å². The van der Waals surface area contributed by atoms with E-state index < -0.39 is 0 Å². The van der Waals surface area contributed by atoms with E-state index in [1.54, 1.807) is 18.2 Å². The van der Waals surface area contributed by atoms with Crippen molar-refractivity contribution in [2.75, 3.05) is 18.4 Å². The molecule has 0 aliphatic rings. The van der Waals surface area contributed by atoms with Gasteiger partial charge >= 0.3 is 0 Å². The first-order chi connectivity index (χ1) is 9.93. The van der Waals surface area contributed by atoms with Crippen LogP contribution in [-0.2, 0) is 4.79 Å². The standard InChI is InChI=1S/C15H22ClN3O2.ClH/c1-10(2)8-14(20)19-11-4-5-13(16)12(9-11)15(21)18-7-3-6-17;/h4-5,9-10H,3,6-8,17H2,1-2H3,(H,18,21)(H,19,20);1H. The van der Waals surface area contributed by atoms with E-state index in [4.69, 9.17) is 17.3 Å². The van der Waals surface area contributed by atoms with Crippen LogP contribution in [0.5, 0.6) is 0 Å². The van der Waals surface area contributed by atoms with Crippen molar-refractivity contribution in [1.82, 2.24) is 5.32 Å². The fourth-order valence-corrected chi connectivity index (χ4v) is 1.96. The average Bonchev–Trinajstić information content (AvgIpc) is 2.40. The second-order valence-electron chi connectivity index (χ2n) is 5.24. The monoisotopic (exact) mass is 347 g/mol. The van der Waals surface area contributed by atoms with Crippen molar-refractivity contribution in [3.8, 4) is 0 Å². The summed E-state index contributed by atoms with van der Waals surface area (Å²) in [4.78, 5) is 23.7. The zero-order valence-electron chi connectivity index (χ0n) is 12.8. The summed E-state index contributed by atoms with van der Waals surface area (Å²) in [5, 5.41) is 5.85. The summed E-state index contributed by atoms with van der Waals surface area (Å²) in [6, 6.07) is 4.86. The number of rotatable bonds is 7. The third-order valence-electron chi connectivity index (χ3n) is 2.75. The van der Waals surface area contributed by atoms with Crippen LogP contribution in [0.2, 0.25) is 5.02 Å². The fraction of sp³-hybridized carbons (Fsp3) is 0.467. The SMILES string of the molecule is CC(C)CC(=O)Nc1ccc(Cl)c(C(=O)NCCCN)c1.Cl. The molecule has 5 nitrogen and oxygen atoms in total. The number of nitrogens with one attached hydrogen (secondary N) is 2. The van der Waals surface area contributed by atoms with Gasteiger partial charge in [0.25, 0.3) is 5.91 Å². The van der Waals surface area contributed by atoms with Gasteiger partial charge in [0.15, 0.2) is 0 Å². The van der Waals surface area contributed by atoms with Crippen LogP contribution in [0.25, 0.3) is 0 Å². The van der Waals surface area contributed by atoms with Crippen LogP contribution in [0.4, 0.5) is 5.69 Å². The van der Waals surface area contributed by atoms with Crippen molar-refractivity contribution in [2.45, 2.75) is 26.7 Å². The van der Waals surface area contributed by atoms with Crippen LogP contribution >= 0.6 is 24.0 Å². The predicted molar refractivity (Wildman–Crippen MR) is 92.8 cm³/mol. The van der Waals surface area contributed by atoms with E-state index in [1.807, 2.05) is 13.8 Å². The largest absolute Gasteiger partial charge is 0.352 e. The number of amides is 2. The first kappa shape index (κ1) is 20.7. The molecule has 124 valence electrons. The molecule has 7 heteroatoms. The quantitative estimate of drug-likeness (QED) is 0.663. The molecule has 2 amide bonds. The summed E-state index contributed by atoms with van der Waals surface area (Å²) >= 11 is 6.03. The summed E-state index contributed by atoms with van der Waals surface area (Å²) in [6.45, 7) is 4.95. The topological polar surface area (TPSA) is 84.2 Å². The van der Waals surface area contributed by atoms with Crippen LogP contribution in [0.15, 0.2) is 18.2 Å². The summed E-state index contributed by atoms with van der Waals surface area (Å²) in [5.74, 6) is -0.0773. The van der Waals surface area contributed by atoms with Crippen molar-refractivity contribution in [3.05, 3.63) is 28.8 Å². The van der Waals surface area contributed by atoms with Crippen molar-refractivity contribution in [1.29, 1.82) is 0 Å². The molecule has 22 heavy (non-hydrogen) atoms. The van der Waals surface area contributed by atoms with E-state index in [2.05, 4.69) is 10.6 Å². The molecule has 0 bridgehead atoms. The molecule has 0 saturated heterocycles. The normalized spacial score (nSPS) is 10.0. The Balaban J connectivity index is 0.00000441. The van der Waals surface area contributed by atoms with E-state index in [-0.39, 0.29) is 30.1 Å². The van der Waals surface area contributed by atoms with Crippen molar-refractivity contribution in [2.24, 2.45) is 11.7 Å². The van der Waals surface area contributed by atoms with Gasteiger partial charge in [0.2, 0.25) is 5.91 Å².